The first kappa shape index (κ1) is 22.5. The summed E-state index contributed by atoms with van der Waals surface area (Å²) < 4.78 is 1.65. The molecule has 10 heteroatoms. The van der Waals surface area contributed by atoms with E-state index in [0.717, 1.165) is 41.7 Å². The second-order valence-corrected chi connectivity index (χ2v) is 10.2. The maximum atomic E-state index is 13.5. The van der Waals surface area contributed by atoms with Crippen LogP contribution in [0.5, 0.6) is 0 Å². The Bertz CT molecular complexity index is 1210. The Morgan fingerprint density at radius 2 is 2.00 bits per heavy atom. The van der Waals surface area contributed by atoms with Gasteiger partial charge in [0.1, 0.15) is 22.3 Å². The van der Waals surface area contributed by atoms with Crippen LogP contribution in [0, 0.1) is 18.8 Å². The molecule has 4 heterocycles. The molecule has 168 valence electrons. The quantitative estimate of drug-likeness (QED) is 0.536. The van der Waals surface area contributed by atoms with Crippen LogP contribution >= 0.6 is 24.0 Å². The van der Waals surface area contributed by atoms with Crippen molar-refractivity contribution in [3.8, 4) is 0 Å². The number of fused-ring (bicyclic) bond motifs is 1. The molecule has 0 saturated carbocycles. The molecule has 1 N–H and O–H groups in total. The minimum Gasteiger partial charge on any atom is -0.480 e. The Hall–Kier alpha value is -2.72. The Morgan fingerprint density at radius 3 is 2.66 bits per heavy atom. The number of aromatic nitrogens is 2. The predicted octanol–water partition coefficient (Wildman–Crippen LogP) is 2.77. The highest BCUT2D eigenvalue weighted by Crippen LogP contribution is 2.34. The molecule has 2 fully saturated rings. The normalized spacial score (nSPS) is 22.9. The van der Waals surface area contributed by atoms with E-state index in [4.69, 9.17) is 22.3 Å². The summed E-state index contributed by atoms with van der Waals surface area (Å²) in [7, 11) is 0. The van der Waals surface area contributed by atoms with E-state index < -0.39 is 18.4 Å². The van der Waals surface area contributed by atoms with Gasteiger partial charge in [0.15, 0.2) is 0 Å². The van der Waals surface area contributed by atoms with E-state index in [2.05, 4.69) is 18.7 Å². The summed E-state index contributed by atoms with van der Waals surface area (Å²) in [6, 6.07) is 3.69. The molecular formula is C22H24N4O4S2. The Kier molecular flexibility index (Phi) is 6.09. The van der Waals surface area contributed by atoms with Crippen molar-refractivity contribution in [3.63, 3.8) is 0 Å². The van der Waals surface area contributed by atoms with Gasteiger partial charge in [-0.25, -0.2) is 4.98 Å². The number of amides is 1. The van der Waals surface area contributed by atoms with E-state index in [0.29, 0.717) is 28.9 Å². The number of piperidine rings is 1. The van der Waals surface area contributed by atoms with E-state index in [1.54, 1.807) is 12.3 Å². The van der Waals surface area contributed by atoms with Gasteiger partial charge in [-0.3, -0.25) is 23.7 Å². The van der Waals surface area contributed by atoms with Crippen molar-refractivity contribution in [1.29, 1.82) is 0 Å². The van der Waals surface area contributed by atoms with E-state index in [1.165, 1.54) is 10.5 Å². The topological polar surface area (TPSA) is 95.2 Å². The number of carboxylic acid groups (broad SMARTS) is 1. The minimum absolute atomic E-state index is 0.162. The number of nitrogens with zero attached hydrogens (tertiary/aromatic N) is 4. The van der Waals surface area contributed by atoms with Gasteiger partial charge in [-0.1, -0.05) is 43.9 Å². The lowest BCUT2D eigenvalue weighted by atomic mass is 9.91. The SMILES string of the molecule is Cc1cccn2c(=O)c(C=C3SC(=S)N(CC(=O)O)C3=O)c(N3CC(C)CC(C)C3)nc12. The number of hydrogen-bond donors (Lipinski definition) is 1. The van der Waals surface area contributed by atoms with Gasteiger partial charge in [0.25, 0.3) is 11.5 Å². The number of aliphatic carboxylic acids is 1. The van der Waals surface area contributed by atoms with Crippen molar-refractivity contribution >= 4 is 57.7 Å². The lowest BCUT2D eigenvalue weighted by Gasteiger charge is -2.36. The number of carbonyl (C=O) groups excluding carboxylic acids is 1. The highest BCUT2D eigenvalue weighted by molar-refractivity contribution is 8.26. The number of carboxylic acids is 1. The summed E-state index contributed by atoms with van der Waals surface area (Å²) in [5, 5.41) is 9.09. The molecule has 0 aliphatic carbocycles. The zero-order chi connectivity index (χ0) is 23.2. The van der Waals surface area contributed by atoms with Crippen LogP contribution in [-0.4, -0.2) is 55.2 Å². The molecule has 1 amide bonds. The second kappa shape index (κ2) is 8.67. The zero-order valence-electron chi connectivity index (χ0n) is 18.1. The largest absolute Gasteiger partial charge is 0.480 e. The highest BCUT2D eigenvalue weighted by Gasteiger charge is 2.34. The van der Waals surface area contributed by atoms with Gasteiger partial charge >= 0.3 is 5.97 Å². The molecule has 2 saturated heterocycles. The number of carbonyl (C=O) groups is 2. The van der Waals surface area contributed by atoms with Crippen molar-refractivity contribution in [2.75, 3.05) is 24.5 Å². The third-order valence-corrected chi connectivity index (χ3v) is 7.05. The average Bonchev–Trinajstić information content (AvgIpc) is 2.96. The maximum absolute atomic E-state index is 13.5. The standard InChI is InChI=1S/C22H24N4O4S2/c1-12-7-13(2)10-24(9-12)19-15(20(29)25-6-4-5-14(3)18(25)23-19)8-16-21(30)26(11-17(27)28)22(31)32-16/h4-6,8,12-13H,7,9-11H2,1-3H3,(H,27,28). The minimum atomic E-state index is -1.15. The van der Waals surface area contributed by atoms with Gasteiger partial charge in [-0.05, 0) is 42.9 Å². The van der Waals surface area contributed by atoms with Crippen molar-refractivity contribution in [1.82, 2.24) is 14.3 Å². The summed E-state index contributed by atoms with van der Waals surface area (Å²) >= 11 is 6.20. The lowest BCUT2D eigenvalue weighted by Crippen LogP contribution is -2.40. The van der Waals surface area contributed by atoms with Gasteiger partial charge in [-0.15, -0.1) is 0 Å². The summed E-state index contributed by atoms with van der Waals surface area (Å²) in [5.74, 6) is -0.230. The van der Waals surface area contributed by atoms with Crippen LogP contribution < -0.4 is 10.5 Å². The average molecular weight is 473 g/mol. The number of anilines is 1. The Labute approximate surface area is 194 Å². The van der Waals surface area contributed by atoms with Gasteiger partial charge < -0.3 is 10.0 Å². The van der Waals surface area contributed by atoms with Crippen LogP contribution in [0.25, 0.3) is 11.7 Å². The number of pyridine rings is 1. The molecule has 4 rings (SSSR count). The van der Waals surface area contributed by atoms with Crippen molar-refractivity contribution in [3.05, 3.63) is 44.7 Å². The fourth-order valence-corrected chi connectivity index (χ4v) is 5.64. The summed E-state index contributed by atoms with van der Waals surface area (Å²) in [6.45, 7) is 7.28. The molecule has 0 radical (unpaired) electrons. The third kappa shape index (κ3) is 4.16. The highest BCUT2D eigenvalue weighted by atomic mass is 32.2. The second-order valence-electron chi connectivity index (χ2n) is 8.55. The van der Waals surface area contributed by atoms with Crippen molar-refractivity contribution in [2.24, 2.45) is 11.8 Å². The molecule has 2 aromatic rings. The first-order valence-corrected chi connectivity index (χ1v) is 11.6. The number of thiocarbonyl (C=S) groups is 1. The summed E-state index contributed by atoms with van der Waals surface area (Å²) in [5.41, 5.74) is 1.49. The molecule has 0 bridgehead atoms. The van der Waals surface area contributed by atoms with E-state index in [9.17, 15) is 14.4 Å². The molecule has 32 heavy (non-hydrogen) atoms. The Balaban J connectivity index is 1.88. The van der Waals surface area contributed by atoms with Crippen LogP contribution in [-0.2, 0) is 9.59 Å². The first-order valence-electron chi connectivity index (χ1n) is 10.4. The molecule has 2 aliphatic rings. The predicted molar refractivity (Wildman–Crippen MR) is 129 cm³/mol. The molecule has 2 atom stereocenters. The fourth-order valence-electron chi connectivity index (χ4n) is 4.41. The first-order chi connectivity index (χ1) is 15.2. The number of thioether (sulfide) groups is 1. The van der Waals surface area contributed by atoms with E-state index in [-0.39, 0.29) is 14.8 Å². The third-order valence-electron chi connectivity index (χ3n) is 5.67. The van der Waals surface area contributed by atoms with Crippen LogP contribution in [0.15, 0.2) is 28.0 Å². The molecule has 2 aromatic heterocycles. The number of aryl methyl sites for hydroxylation is 1. The van der Waals surface area contributed by atoms with Crippen LogP contribution in [0.4, 0.5) is 5.82 Å². The molecular weight excluding hydrogens is 448 g/mol. The van der Waals surface area contributed by atoms with Crippen LogP contribution in [0.3, 0.4) is 0 Å². The van der Waals surface area contributed by atoms with E-state index in [1.807, 2.05) is 13.0 Å². The van der Waals surface area contributed by atoms with Gasteiger partial charge in [-0.2, -0.15) is 0 Å². The summed E-state index contributed by atoms with van der Waals surface area (Å²) in [6.07, 6.45) is 4.28. The molecule has 8 nitrogen and oxygen atoms in total. The molecule has 2 aliphatic heterocycles. The number of hydrogen-bond acceptors (Lipinski definition) is 7. The zero-order valence-corrected chi connectivity index (χ0v) is 19.7. The molecule has 0 spiro atoms. The number of rotatable bonds is 4. The van der Waals surface area contributed by atoms with Crippen LogP contribution in [0.1, 0.15) is 31.4 Å². The van der Waals surface area contributed by atoms with Crippen molar-refractivity contribution < 1.29 is 14.7 Å². The molecule has 0 aromatic carbocycles. The van der Waals surface area contributed by atoms with E-state index >= 15 is 0 Å². The monoisotopic (exact) mass is 472 g/mol. The van der Waals surface area contributed by atoms with Gasteiger partial charge in [0.05, 0.1) is 10.5 Å². The summed E-state index contributed by atoms with van der Waals surface area (Å²) in [4.78, 5) is 45.7. The molecule has 2 unspecified atom stereocenters. The lowest BCUT2D eigenvalue weighted by molar-refractivity contribution is -0.140. The van der Waals surface area contributed by atoms with Gasteiger partial charge in [0, 0.05) is 19.3 Å². The smallest absolute Gasteiger partial charge is 0.323 e. The maximum Gasteiger partial charge on any atom is 0.323 e. The van der Waals surface area contributed by atoms with Gasteiger partial charge in [0.2, 0.25) is 0 Å². The van der Waals surface area contributed by atoms with Crippen molar-refractivity contribution in [2.45, 2.75) is 27.2 Å². The Morgan fingerprint density at radius 1 is 1.31 bits per heavy atom. The van der Waals surface area contributed by atoms with Crippen LogP contribution in [0.2, 0.25) is 0 Å². The fraction of sp³-hybridized carbons (Fsp3) is 0.409.